The highest BCUT2D eigenvalue weighted by molar-refractivity contribution is 7.19. The standard InChI is InChI=1S/C13H10Cl3N5OS/c1-6-5-8(3-4-9(6)17-11(22)13(14,15)16)10-20-21-7(2)18-19-12(21)23-10/h3-5H,1-2H3,(H,17,22). The van der Waals surface area contributed by atoms with Gasteiger partial charge in [0.1, 0.15) is 5.01 Å². The number of halogens is 3. The highest BCUT2D eigenvalue weighted by Crippen LogP contribution is 2.31. The SMILES string of the molecule is Cc1cc(-c2nn3c(C)nnc3s2)ccc1NC(=O)C(Cl)(Cl)Cl. The number of aryl methyl sites for hydroxylation is 2. The van der Waals surface area contributed by atoms with Gasteiger partial charge in [-0.2, -0.15) is 9.61 Å². The minimum Gasteiger partial charge on any atom is -0.322 e. The summed E-state index contributed by atoms with van der Waals surface area (Å²) >= 11 is 18.1. The number of carbonyl (C=O) groups is 1. The van der Waals surface area contributed by atoms with Crippen molar-refractivity contribution < 1.29 is 4.79 Å². The topological polar surface area (TPSA) is 72.2 Å². The van der Waals surface area contributed by atoms with Crippen molar-refractivity contribution in [3.63, 3.8) is 0 Å². The lowest BCUT2D eigenvalue weighted by Crippen LogP contribution is -2.27. The first kappa shape index (κ1) is 16.4. The van der Waals surface area contributed by atoms with Crippen molar-refractivity contribution in [2.45, 2.75) is 17.6 Å². The molecule has 1 amide bonds. The highest BCUT2D eigenvalue weighted by atomic mass is 35.6. The largest absolute Gasteiger partial charge is 0.322 e. The number of anilines is 1. The van der Waals surface area contributed by atoms with E-state index in [2.05, 4.69) is 20.6 Å². The molecule has 0 bridgehead atoms. The third-order valence-corrected chi connectivity index (χ3v) is 4.59. The molecule has 0 radical (unpaired) electrons. The van der Waals surface area contributed by atoms with E-state index in [4.69, 9.17) is 34.8 Å². The molecule has 10 heteroatoms. The van der Waals surface area contributed by atoms with Crippen molar-refractivity contribution in [1.82, 2.24) is 19.8 Å². The van der Waals surface area contributed by atoms with Crippen molar-refractivity contribution in [2.75, 3.05) is 5.32 Å². The summed E-state index contributed by atoms with van der Waals surface area (Å²) in [6.45, 7) is 3.69. The molecule has 0 saturated carbocycles. The number of aromatic nitrogens is 4. The summed E-state index contributed by atoms with van der Waals surface area (Å²) in [4.78, 5) is 12.5. The Hall–Kier alpha value is -1.41. The van der Waals surface area contributed by atoms with Crippen LogP contribution in [0.5, 0.6) is 0 Å². The van der Waals surface area contributed by atoms with Gasteiger partial charge in [-0.1, -0.05) is 46.1 Å². The summed E-state index contributed by atoms with van der Waals surface area (Å²) in [7, 11) is 0. The average molecular weight is 391 g/mol. The summed E-state index contributed by atoms with van der Waals surface area (Å²) < 4.78 is -0.315. The van der Waals surface area contributed by atoms with E-state index in [1.807, 2.05) is 26.0 Å². The predicted octanol–water partition coefficient (Wildman–Crippen LogP) is 3.78. The molecule has 2 heterocycles. The van der Waals surface area contributed by atoms with Crippen molar-refractivity contribution in [2.24, 2.45) is 0 Å². The van der Waals surface area contributed by atoms with Crippen LogP contribution in [0, 0.1) is 13.8 Å². The van der Waals surface area contributed by atoms with Gasteiger partial charge in [-0.25, -0.2) is 0 Å². The molecule has 1 aromatic carbocycles. The van der Waals surface area contributed by atoms with E-state index in [1.54, 1.807) is 10.6 Å². The fourth-order valence-electron chi connectivity index (χ4n) is 1.96. The molecule has 6 nitrogen and oxygen atoms in total. The molecule has 2 aromatic heterocycles. The molecule has 0 atom stereocenters. The van der Waals surface area contributed by atoms with E-state index in [-0.39, 0.29) is 0 Å². The Morgan fingerprint density at radius 3 is 2.61 bits per heavy atom. The lowest BCUT2D eigenvalue weighted by atomic mass is 10.1. The van der Waals surface area contributed by atoms with Crippen molar-refractivity contribution in [1.29, 1.82) is 0 Å². The van der Waals surface area contributed by atoms with E-state index in [0.29, 0.717) is 5.69 Å². The second-order valence-corrected chi connectivity index (χ2v) is 8.07. The van der Waals surface area contributed by atoms with Crippen LogP contribution < -0.4 is 5.32 Å². The molecule has 120 valence electrons. The minimum absolute atomic E-state index is 0.573. The zero-order chi connectivity index (χ0) is 16.8. The van der Waals surface area contributed by atoms with E-state index in [9.17, 15) is 4.79 Å². The molecular weight excluding hydrogens is 381 g/mol. The first-order valence-corrected chi connectivity index (χ1v) is 8.39. The quantitative estimate of drug-likeness (QED) is 0.676. The van der Waals surface area contributed by atoms with Gasteiger partial charge < -0.3 is 5.32 Å². The van der Waals surface area contributed by atoms with E-state index in [0.717, 1.165) is 26.9 Å². The maximum absolute atomic E-state index is 11.7. The third kappa shape index (κ3) is 3.28. The van der Waals surface area contributed by atoms with Gasteiger partial charge in [-0.05, 0) is 37.6 Å². The van der Waals surface area contributed by atoms with Crippen molar-refractivity contribution >= 4 is 62.7 Å². The number of rotatable bonds is 2. The molecule has 0 fully saturated rings. The van der Waals surface area contributed by atoms with Crippen molar-refractivity contribution in [3.8, 4) is 10.6 Å². The Bertz CT molecular complexity index is 899. The van der Waals surface area contributed by atoms with Crippen LogP contribution in [0.25, 0.3) is 15.5 Å². The molecule has 0 aliphatic heterocycles. The number of nitrogens with zero attached hydrogens (tertiary/aromatic N) is 4. The van der Waals surface area contributed by atoms with Crippen LogP contribution in [0.3, 0.4) is 0 Å². The minimum atomic E-state index is -2.00. The summed E-state index contributed by atoms with van der Waals surface area (Å²) in [5, 5.41) is 15.9. The lowest BCUT2D eigenvalue weighted by molar-refractivity contribution is -0.115. The van der Waals surface area contributed by atoms with Gasteiger partial charge in [0.15, 0.2) is 5.82 Å². The molecule has 23 heavy (non-hydrogen) atoms. The molecular formula is C13H10Cl3N5OS. The Morgan fingerprint density at radius 1 is 1.26 bits per heavy atom. The number of benzene rings is 1. The van der Waals surface area contributed by atoms with Gasteiger partial charge in [0.05, 0.1) is 0 Å². The van der Waals surface area contributed by atoms with Gasteiger partial charge >= 0.3 is 0 Å². The number of hydrogen-bond donors (Lipinski definition) is 1. The number of fused-ring (bicyclic) bond motifs is 1. The van der Waals surface area contributed by atoms with E-state index < -0.39 is 9.70 Å². The lowest BCUT2D eigenvalue weighted by Gasteiger charge is -2.13. The number of nitrogens with one attached hydrogen (secondary N) is 1. The second kappa shape index (κ2) is 5.90. The molecule has 3 rings (SSSR count). The number of hydrogen-bond acceptors (Lipinski definition) is 5. The number of alkyl halides is 3. The molecule has 0 saturated heterocycles. The van der Waals surface area contributed by atoms with Gasteiger partial charge in [0.25, 0.3) is 9.70 Å². The van der Waals surface area contributed by atoms with Crippen LogP contribution in [-0.4, -0.2) is 29.5 Å². The van der Waals surface area contributed by atoms with Crippen molar-refractivity contribution in [3.05, 3.63) is 29.6 Å². The second-order valence-electron chi connectivity index (χ2n) is 4.83. The maximum Gasteiger partial charge on any atom is 0.276 e. The fourth-order valence-corrected chi connectivity index (χ4v) is 2.98. The zero-order valence-electron chi connectivity index (χ0n) is 12.0. The maximum atomic E-state index is 11.7. The third-order valence-electron chi connectivity index (χ3n) is 3.13. The fraction of sp³-hybridized carbons (Fsp3) is 0.231. The van der Waals surface area contributed by atoms with Crippen LogP contribution in [0.2, 0.25) is 0 Å². The van der Waals surface area contributed by atoms with E-state index in [1.165, 1.54) is 11.3 Å². The Kier molecular flexibility index (Phi) is 4.22. The van der Waals surface area contributed by atoms with Gasteiger partial charge in [-0.15, -0.1) is 10.2 Å². The summed E-state index contributed by atoms with van der Waals surface area (Å²) in [5.41, 5.74) is 2.31. The smallest absolute Gasteiger partial charge is 0.276 e. The predicted molar refractivity (Wildman–Crippen MR) is 92.5 cm³/mol. The molecule has 0 spiro atoms. The molecule has 1 N–H and O–H groups in total. The number of carbonyl (C=O) groups excluding carboxylic acids is 1. The number of amides is 1. The molecule has 0 unspecified atom stereocenters. The van der Waals surface area contributed by atoms with Crippen LogP contribution in [0.15, 0.2) is 18.2 Å². The Morgan fingerprint density at radius 2 is 2.00 bits per heavy atom. The van der Waals surface area contributed by atoms with Crippen LogP contribution in [-0.2, 0) is 4.79 Å². The van der Waals surface area contributed by atoms with Gasteiger partial charge in [0.2, 0.25) is 4.96 Å². The summed E-state index contributed by atoms with van der Waals surface area (Å²) in [6, 6.07) is 5.48. The van der Waals surface area contributed by atoms with Gasteiger partial charge in [0, 0.05) is 11.3 Å². The highest BCUT2D eigenvalue weighted by Gasteiger charge is 2.30. The Balaban J connectivity index is 1.91. The first-order valence-electron chi connectivity index (χ1n) is 6.44. The first-order chi connectivity index (χ1) is 10.8. The zero-order valence-corrected chi connectivity index (χ0v) is 15.1. The van der Waals surface area contributed by atoms with Crippen LogP contribution in [0.1, 0.15) is 11.4 Å². The Labute approximate surface area is 150 Å². The average Bonchev–Trinajstić information content (AvgIpc) is 3.02. The van der Waals surface area contributed by atoms with Gasteiger partial charge in [-0.3, -0.25) is 4.79 Å². The molecule has 3 aromatic rings. The molecule has 0 aliphatic rings. The van der Waals surface area contributed by atoms with E-state index >= 15 is 0 Å². The summed E-state index contributed by atoms with van der Waals surface area (Å²) in [5.74, 6) is 0.0264. The molecule has 0 aliphatic carbocycles. The monoisotopic (exact) mass is 389 g/mol. The summed E-state index contributed by atoms with van der Waals surface area (Å²) in [6.07, 6.45) is 0. The van der Waals surface area contributed by atoms with Crippen LogP contribution in [0.4, 0.5) is 5.69 Å². The van der Waals surface area contributed by atoms with Crippen LogP contribution >= 0.6 is 46.1 Å². The normalized spacial score (nSPS) is 11.9.